The minimum absolute atomic E-state index is 0.135. The molecule has 25 heavy (non-hydrogen) atoms. The lowest BCUT2D eigenvalue weighted by atomic mass is 10.0. The quantitative estimate of drug-likeness (QED) is 0.899. The van der Waals surface area contributed by atoms with Gasteiger partial charge in [0, 0.05) is 31.2 Å². The molecule has 0 bridgehead atoms. The van der Waals surface area contributed by atoms with E-state index in [0.717, 1.165) is 13.1 Å². The fraction of sp³-hybridized carbons (Fsp3) is 0.444. The molecule has 3 rings (SSSR count). The summed E-state index contributed by atoms with van der Waals surface area (Å²) in [6, 6.07) is 7.67. The number of carbonyl (C=O) groups excluding carboxylic acids is 1. The summed E-state index contributed by atoms with van der Waals surface area (Å²) < 4.78 is 24.3. The van der Waals surface area contributed by atoms with Crippen molar-refractivity contribution in [1.29, 1.82) is 0 Å². The average Bonchev–Trinajstić information content (AvgIpc) is 3.11. The van der Waals surface area contributed by atoms with Crippen LogP contribution >= 0.6 is 0 Å². The maximum Gasteiger partial charge on any atom is 0.273 e. The Balaban J connectivity index is 1.63. The number of carbonyl (C=O) groups is 1. The monoisotopic (exact) mass is 347 g/mol. The molecule has 0 radical (unpaired) electrons. The van der Waals surface area contributed by atoms with Crippen molar-refractivity contribution in [3.8, 4) is 11.3 Å². The minimum Gasteiger partial charge on any atom is -0.379 e. The molecule has 0 saturated carbocycles. The van der Waals surface area contributed by atoms with Crippen LogP contribution in [0, 0.1) is 5.82 Å². The molecule has 0 atom stereocenters. The van der Waals surface area contributed by atoms with Crippen LogP contribution in [0.15, 0.2) is 34.9 Å². The van der Waals surface area contributed by atoms with E-state index in [9.17, 15) is 9.18 Å². The summed E-state index contributed by atoms with van der Waals surface area (Å²) >= 11 is 0. The predicted octanol–water partition coefficient (Wildman–Crippen LogP) is 2.32. The van der Waals surface area contributed by atoms with Gasteiger partial charge in [0.25, 0.3) is 5.91 Å². The first-order chi connectivity index (χ1) is 12.0. The van der Waals surface area contributed by atoms with Gasteiger partial charge in [-0.3, -0.25) is 9.69 Å². The lowest BCUT2D eigenvalue weighted by Crippen LogP contribution is -2.55. The molecule has 0 spiro atoms. The Bertz CT molecular complexity index is 739. The first-order valence-corrected chi connectivity index (χ1v) is 8.30. The second-order valence-electron chi connectivity index (χ2n) is 6.65. The summed E-state index contributed by atoms with van der Waals surface area (Å²) in [6.07, 6.45) is 0. The van der Waals surface area contributed by atoms with Gasteiger partial charge in [0.05, 0.1) is 18.8 Å². The molecule has 2 heterocycles. The van der Waals surface area contributed by atoms with Gasteiger partial charge in [-0.15, -0.1) is 0 Å². The van der Waals surface area contributed by atoms with Crippen molar-refractivity contribution in [2.24, 2.45) is 0 Å². The van der Waals surface area contributed by atoms with Crippen molar-refractivity contribution in [3.05, 3.63) is 41.8 Å². The summed E-state index contributed by atoms with van der Waals surface area (Å²) in [5.74, 6) is -0.526. The van der Waals surface area contributed by atoms with Gasteiger partial charge in [-0.05, 0) is 26.0 Å². The Hall–Kier alpha value is -2.25. The number of nitrogens with zero attached hydrogens (tertiary/aromatic N) is 2. The Morgan fingerprint density at radius 2 is 2.04 bits per heavy atom. The summed E-state index contributed by atoms with van der Waals surface area (Å²) in [4.78, 5) is 14.6. The van der Waals surface area contributed by atoms with E-state index in [4.69, 9.17) is 9.26 Å². The van der Waals surface area contributed by atoms with Gasteiger partial charge in [0.15, 0.2) is 11.5 Å². The van der Waals surface area contributed by atoms with E-state index >= 15 is 0 Å². The zero-order chi connectivity index (χ0) is 17.9. The van der Waals surface area contributed by atoms with Crippen molar-refractivity contribution in [1.82, 2.24) is 15.4 Å². The van der Waals surface area contributed by atoms with Gasteiger partial charge in [0.2, 0.25) is 0 Å². The van der Waals surface area contributed by atoms with E-state index in [0.29, 0.717) is 19.8 Å². The van der Waals surface area contributed by atoms with Crippen LogP contribution in [0.4, 0.5) is 4.39 Å². The Morgan fingerprint density at radius 1 is 1.32 bits per heavy atom. The topological polar surface area (TPSA) is 67.6 Å². The van der Waals surface area contributed by atoms with Crippen LogP contribution in [0.2, 0.25) is 0 Å². The lowest BCUT2D eigenvalue weighted by molar-refractivity contribution is -0.00925. The SMILES string of the molecule is CC(C)(CNC(=O)c1cc(-c2ccccc2F)on1)N1CCOCC1. The number of hydrogen-bond acceptors (Lipinski definition) is 5. The van der Waals surface area contributed by atoms with Crippen molar-refractivity contribution >= 4 is 5.91 Å². The van der Waals surface area contributed by atoms with E-state index in [1.807, 2.05) is 0 Å². The highest BCUT2D eigenvalue weighted by Crippen LogP contribution is 2.23. The molecule has 134 valence electrons. The van der Waals surface area contributed by atoms with Gasteiger partial charge in [0.1, 0.15) is 5.82 Å². The van der Waals surface area contributed by atoms with Crippen LogP contribution in [-0.4, -0.2) is 54.4 Å². The number of amides is 1. The van der Waals surface area contributed by atoms with E-state index in [-0.39, 0.29) is 28.5 Å². The van der Waals surface area contributed by atoms with Gasteiger partial charge in [-0.2, -0.15) is 0 Å². The number of morpholine rings is 1. The highest BCUT2D eigenvalue weighted by Gasteiger charge is 2.29. The molecule has 6 nitrogen and oxygen atoms in total. The fourth-order valence-corrected chi connectivity index (χ4v) is 2.84. The molecule has 1 aromatic carbocycles. The number of ether oxygens (including phenoxy) is 1. The maximum absolute atomic E-state index is 13.8. The predicted molar refractivity (Wildman–Crippen MR) is 90.7 cm³/mol. The van der Waals surface area contributed by atoms with E-state index < -0.39 is 5.82 Å². The molecule has 2 aromatic rings. The summed E-state index contributed by atoms with van der Waals surface area (Å²) in [6.45, 7) is 7.69. The molecular weight excluding hydrogens is 325 g/mol. The first kappa shape index (κ1) is 17.6. The molecule has 1 N–H and O–H groups in total. The average molecular weight is 347 g/mol. The molecule has 1 aromatic heterocycles. The van der Waals surface area contributed by atoms with Crippen molar-refractivity contribution in [3.63, 3.8) is 0 Å². The molecule has 1 amide bonds. The van der Waals surface area contributed by atoms with E-state index in [1.165, 1.54) is 12.1 Å². The smallest absolute Gasteiger partial charge is 0.273 e. The third-order valence-electron chi connectivity index (χ3n) is 4.43. The summed E-state index contributed by atoms with van der Waals surface area (Å²) in [5, 5.41) is 6.64. The van der Waals surface area contributed by atoms with Crippen LogP contribution in [0.1, 0.15) is 24.3 Å². The largest absolute Gasteiger partial charge is 0.379 e. The molecule has 1 saturated heterocycles. The van der Waals surface area contributed by atoms with Crippen molar-refractivity contribution in [2.75, 3.05) is 32.8 Å². The fourth-order valence-electron chi connectivity index (χ4n) is 2.84. The van der Waals surface area contributed by atoms with Gasteiger partial charge in [-0.25, -0.2) is 4.39 Å². The maximum atomic E-state index is 13.8. The standard InChI is InChI=1S/C18H22FN3O3/c1-18(2,22-7-9-24-10-8-22)12-20-17(23)15-11-16(25-21-15)13-5-3-4-6-14(13)19/h3-6,11H,7-10,12H2,1-2H3,(H,20,23). The van der Waals surface area contributed by atoms with Crippen LogP contribution < -0.4 is 5.32 Å². The number of halogens is 1. The number of hydrogen-bond donors (Lipinski definition) is 1. The minimum atomic E-state index is -0.418. The number of benzene rings is 1. The summed E-state index contributed by atoms with van der Waals surface area (Å²) in [7, 11) is 0. The first-order valence-electron chi connectivity index (χ1n) is 8.30. The molecule has 7 heteroatoms. The van der Waals surface area contributed by atoms with Crippen LogP contribution in [0.5, 0.6) is 0 Å². The molecule has 1 fully saturated rings. The Morgan fingerprint density at radius 3 is 2.76 bits per heavy atom. The number of rotatable bonds is 5. The second-order valence-corrected chi connectivity index (χ2v) is 6.65. The molecule has 0 unspecified atom stereocenters. The van der Waals surface area contributed by atoms with Gasteiger partial charge < -0.3 is 14.6 Å². The molecule has 1 aliphatic heterocycles. The third-order valence-corrected chi connectivity index (χ3v) is 4.43. The van der Waals surface area contributed by atoms with Crippen LogP contribution in [-0.2, 0) is 4.74 Å². The second kappa shape index (κ2) is 7.33. The van der Waals surface area contributed by atoms with Crippen LogP contribution in [0.3, 0.4) is 0 Å². The third kappa shape index (κ3) is 4.05. The molecular formula is C18H22FN3O3. The van der Waals surface area contributed by atoms with Crippen molar-refractivity contribution < 1.29 is 18.4 Å². The molecule has 0 aliphatic carbocycles. The van der Waals surface area contributed by atoms with E-state index in [1.54, 1.807) is 18.2 Å². The highest BCUT2D eigenvalue weighted by molar-refractivity contribution is 5.93. The van der Waals surface area contributed by atoms with E-state index in [2.05, 4.69) is 29.2 Å². The zero-order valence-electron chi connectivity index (χ0n) is 14.4. The highest BCUT2D eigenvalue weighted by atomic mass is 19.1. The zero-order valence-corrected chi connectivity index (χ0v) is 14.4. The van der Waals surface area contributed by atoms with Gasteiger partial charge in [-0.1, -0.05) is 17.3 Å². The Kier molecular flexibility index (Phi) is 5.15. The lowest BCUT2D eigenvalue weighted by Gasteiger charge is -2.40. The van der Waals surface area contributed by atoms with Gasteiger partial charge >= 0.3 is 0 Å². The van der Waals surface area contributed by atoms with Crippen molar-refractivity contribution in [2.45, 2.75) is 19.4 Å². The Labute approximate surface area is 145 Å². The molecule has 1 aliphatic rings. The summed E-state index contributed by atoms with van der Waals surface area (Å²) in [5.41, 5.74) is 0.219. The normalized spacial score (nSPS) is 16.0. The van der Waals surface area contributed by atoms with Crippen LogP contribution in [0.25, 0.3) is 11.3 Å². The number of nitrogens with one attached hydrogen (secondary N) is 1. The number of aromatic nitrogens is 1.